The second kappa shape index (κ2) is 6.97. The first-order valence-electron chi connectivity index (χ1n) is 5.68. The van der Waals surface area contributed by atoms with Crippen LogP contribution in [0, 0.1) is 0 Å². The van der Waals surface area contributed by atoms with Crippen molar-refractivity contribution in [3.63, 3.8) is 0 Å². The molecule has 1 aromatic rings. The van der Waals surface area contributed by atoms with Crippen LogP contribution in [0.2, 0.25) is 0 Å². The first-order valence-corrected chi connectivity index (χ1v) is 7.87. The number of anilines is 1. The van der Waals surface area contributed by atoms with Gasteiger partial charge in [-0.1, -0.05) is 19.1 Å². The molecule has 1 atom stereocenters. The van der Waals surface area contributed by atoms with Crippen LogP contribution < -0.4 is 5.32 Å². The van der Waals surface area contributed by atoms with Gasteiger partial charge in [0.05, 0.1) is 29.0 Å². The summed E-state index contributed by atoms with van der Waals surface area (Å²) in [5.74, 6) is 0.413. The number of alkyl halides is 1. The molecule has 0 fully saturated rings. The summed E-state index contributed by atoms with van der Waals surface area (Å²) in [7, 11) is -1.66. The lowest BCUT2D eigenvalue weighted by molar-refractivity contribution is 0.191. The van der Waals surface area contributed by atoms with Crippen molar-refractivity contribution < 1.29 is 13.2 Å². The minimum Gasteiger partial charge on any atom is -0.383 e. The van der Waals surface area contributed by atoms with Gasteiger partial charge in [-0.25, -0.2) is 8.42 Å². The van der Waals surface area contributed by atoms with E-state index in [9.17, 15) is 8.42 Å². The number of nitrogens with one attached hydrogen (secondary N) is 1. The molecule has 6 heteroatoms. The average Bonchev–Trinajstić information content (AvgIpc) is 2.38. The molecule has 0 heterocycles. The van der Waals surface area contributed by atoms with Crippen molar-refractivity contribution in [2.24, 2.45) is 0 Å². The van der Waals surface area contributed by atoms with E-state index in [1.54, 1.807) is 38.3 Å². The van der Waals surface area contributed by atoms with Crippen LogP contribution in [0.25, 0.3) is 0 Å². The second-order valence-electron chi connectivity index (χ2n) is 3.85. The molecule has 18 heavy (non-hydrogen) atoms. The highest BCUT2D eigenvalue weighted by atomic mass is 35.5. The predicted octanol–water partition coefficient (Wildman–Crippen LogP) is 2.15. The fraction of sp³-hybridized carbons (Fsp3) is 0.500. The number of ether oxygens (including phenoxy) is 1. The molecular weight excluding hydrogens is 274 g/mol. The zero-order valence-electron chi connectivity index (χ0n) is 10.5. The maximum absolute atomic E-state index is 11.9. The van der Waals surface area contributed by atoms with Gasteiger partial charge in [0.1, 0.15) is 0 Å². The zero-order valence-corrected chi connectivity index (χ0v) is 12.1. The van der Waals surface area contributed by atoms with Crippen molar-refractivity contribution in [3.05, 3.63) is 24.3 Å². The number of halogens is 1. The third-order valence-electron chi connectivity index (χ3n) is 2.52. The zero-order chi connectivity index (χ0) is 13.6. The highest BCUT2D eigenvalue weighted by molar-refractivity contribution is 7.91. The molecule has 0 spiro atoms. The summed E-state index contributed by atoms with van der Waals surface area (Å²) < 4.78 is 28.9. The Morgan fingerprint density at radius 1 is 1.39 bits per heavy atom. The number of methoxy groups -OCH3 is 1. The monoisotopic (exact) mass is 291 g/mol. The van der Waals surface area contributed by atoms with Crippen LogP contribution in [0.15, 0.2) is 29.2 Å². The van der Waals surface area contributed by atoms with Gasteiger partial charge in [-0.15, -0.1) is 11.6 Å². The summed E-state index contributed by atoms with van der Waals surface area (Å²) in [6.07, 6.45) is 0. The molecule has 0 aliphatic rings. The summed E-state index contributed by atoms with van der Waals surface area (Å²) in [6, 6.07) is 6.70. The molecule has 0 aromatic heterocycles. The molecule has 4 nitrogen and oxygen atoms in total. The molecule has 0 saturated carbocycles. The molecule has 1 N–H and O–H groups in total. The topological polar surface area (TPSA) is 55.4 Å². The van der Waals surface area contributed by atoms with E-state index < -0.39 is 9.84 Å². The van der Waals surface area contributed by atoms with Crippen molar-refractivity contribution >= 4 is 27.1 Å². The van der Waals surface area contributed by atoms with Gasteiger partial charge >= 0.3 is 0 Å². The standard InChI is InChI=1S/C12H18ClNO3S/c1-3-18(15,16)12-7-5-4-6-11(12)14-10(8-13)9-17-2/h4-7,10,14H,3,8-9H2,1-2H3. The lowest BCUT2D eigenvalue weighted by Gasteiger charge is -2.18. The van der Waals surface area contributed by atoms with Gasteiger partial charge in [0.25, 0.3) is 0 Å². The van der Waals surface area contributed by atoms with Gasteiger partial charge in [-0.2, -0.15) is 0 Å². The summed E-state index contributed by atoms with van der Waals surface area (Å²) in [5.41, 5.74) is 0.571. The number of hydrogen-bond donors (Lipinski definition) is 1. The number of rotatable bonds is 7. The number of sulfone groups is 1. The van der Waals surface area contributed by atoms with Crippen molar-refractivity contribution in [2.75, 3.05) is 30.7 Å². The minimum atomic E-state index is -3.24. The van der Waals surface area contributed by atoms with Gasteiger partial charge in [0.15, 0.2) is 9.84 Å². The minimum absolute atomic E-state index is 0.0709. The van der Waals surface area contributed by atoms with E-state index in [0.29, 0.717) is 23.1 Å². The van der Waals surface area contributed by atoms with Gasteiger partial charge in [0.2, 0.25) is 0 Å². The third-order valence-corrected chi connectivity index (χ3v) is 4.67. The van der Waals surface area contributed by atoms with E-state index in [1.165, 1.54) is 0 Å². The lowest BCUT2D eigenvalue weighted by atomic mass is 10.3. The number of hydrogen-bond acceptors (Lipinski definition) is 4. The van der Waals surface area contributed by atoms with Gasteiger partial charge in [-0.05, 0) is 12.1 Å². The van der Waals surface area contributed by atoms with Crippen LogP contribution in [0.1, 0.15) is 6.92 Å². The lowest BCUT2D eigenvalue weighted by Crippen LogP contribution is -2.27. The van der Waals surface area contributed by atoms with E-state index in [1.807, 2.05) is 0 Å². The maximum Gasteiger partial charge on any atom is 0.180 e. The van der Waals surface area contributed by atoms with Crippen LogP contribution in [0.3, 0.4) is 0 Å². The molecule has 0 saturated heterocycles. The van der Waals surface area contributed by atoms with Crippen LogP contribution in [-0.2, 0) is 14.6 Å². The van der Waals surface area contributed by atoms with Crippen molar-refractivity contribution in [2.45, 2.75) is 17.9 Å². The Balaban J connectivity index is 3.03. The molecule has 1 unspecified atom stereocenters. The molecule has 0 radical (unpaired) electrons. The summed E-state index contributed by atoms with van der Waals surface area (Å²) in [6.45, 7) is 2.05. The Hall–Kier alpha value is -0.780. The Kier molecular flexibility index (Phi) is 5.91. The fourth-order valence-corrected chi connectivity index (χ4v) is 2.78. The SMILES string of the molecule is CCS(=O)(=O)c1ccccc1NC(CCl)COC. The van der Waals surface area contributed by atoms with Crippen LogP contribution >= 0.6 is 11.6 Å². The van der Waals surface area contributed by atoms with Crippen LogP contribution in [0.4, 0.5) is 5.69 Å². The van der Waals surface area contributed by atoms with E-state index in [4.69, 9.17) is 16.3 Å². The Labute approximate surface area is 113 Å². The summed E-state index contributed by atoms with van der Waals surface area (Å²) in [4.78, 5) is 0.304. The van der Waals surface area contributed by atoms with Gasteiger partial charge < -0.3 is 10.1 Å². The summed E-state index contributed by atoms with van der Waals surface area (Å²) >= 11 is 5.80. The molecule has 0 aliphatic carbocycles. The van der Waals surface area contributed by atoms with E-state index in [0.717, 1.165) is 0 Å². The van der Waals surface area contributed by atoms with E-state index in [2.05, 4.69) is 5.32 Å². The first kappa shape index (κ1) is 15.3. The Morgan fingerprint density at radius 3 is 2.61 bits per heavy atom. The van der Waals surface area contributed by atoms with Crippen LogP contribution in [-0.4, -0.2) is 39.8 Å². The Bertz CT molecular complexity index is 476. The molecule has 0 aliphatic heterocycles. The van der Waals surface area contributed by atoms with Gasteiger partial charge in [-0.3, -0.25) is 0 Å². The normalized spacial score (nSPS) is 13.3. The molecule has 1 rings (SSSR count). The highest BCUT2D eigenvalue weighted by Gasteiger charge is 2.17. The molecule has 102 valence electrons. The van der Waals surface area contributed by atoms with Gasteiger partial charge in [0, 0.05) is 13.0 Å². The smallest absolute Gasteiger partial charge is 0.180 e. The third kappa shape index (κ3) is 3.86. The molecule has 0 amide bonds. The Morgan fingerprint density at radius 2 is 2.06 bits per heavy atom. The molecule has 0 bridgehead atoms. The fourth-order valence-electron chi connectivity index (χ4n) is 1.56. The van der Waals surface area contributed by atoms with Crippen molar-refractivity contribution in [1.29, 1.82) is 0 Å². The molecule has 1 aromatic carbocycles. The number of para-hydroxylation sites is 1. The first-order chi connectivity index (χ1) is 8.55. The van der Waals surface area contributed by atoms with Crippen molar-refractivity contribution in [3.8, 4) is 0 Å². The average molecular weight is 292 g/mol. The summed E-state index contributed by atoms with van der Waals surface area (Å²) in [5, 5.41) is 3.10. The van der Waals surface area contributed by atoms with E-state index >= 15 is 0 Å². The van der Waals surface area contributed by atoms with Crippen molar-refractivity contribution in [1.82, 2.24) is 0 Å². The highest BCUT2D eigenvalue weighted by Crippen LogP contribution is 2.22. The quantitative estimate of drug-likeness (QED) is 0.782. The number of benzene rings is 1. The molecular formula is C12H18ClNO3S. The predicted molar refractivity (Wildman–Crippen MR) is 74.2 cm³/mol. The van der Waals surface area contributed by atoms with E-state index in [-0.39, 0.29) is 11.8 Å². The maximum atomic E-state index is 11.9. The largest absolute Gasteiger partial charge is 0.383 e. The van der Waals surface area contributed by atoms with Crippen LogP contribution in [0.5, 0.6) is 0 Å². The second-order valence-corrected chi connectivity index (χ2v) is 6.41.